The zero-order chi connectivity index (χ0) is 25.2. The summed E-state index contributed by atoms with van der Waals surface area (Å²) in [5, 5.41) is 3.89. The van der Waals surface area contributed by atoms with E-state index in [1.165, 1.54) is 26.2 Å². The third-order valence-electron chi connectivity index (χ3n) is 5.81. The van der Waals surface area contributed by atoms with Gasteiger partial charge in [0.05, 0.1) is 17.6 Å². The van der Waals surface area contributed by atoms with Crippen molar-refractivity contribution in [2.45, 2.75) is 37.8 Å². The normalized spacial score (nSPS) is 18.6. The molecule has 1 aliphatic rings. The Morgan fingerprint density at radius 3 is 2.49 bits per heavy atom. The lowest BCUT2D eigenvalue weighted by Crippen LogP contribution is -2.44. The highest BCUT2D eigenvalue weighted by Crippen LogP contribution is 2.31. The molecule has 1 aromatic heterocycles. The molecule has 4 rings (SSSR count). The molecule has 0 unspecified atom stereocenters. The maximum absolute atomic E-state index is 13.6. The van der Waals surface area contributed by atoms with Gasteiger partial charge in [-0.2, -0.15) is 27.4 Å². The number of benzene rings is 2. The van der Waals surface area contributed by atoms with Crippen molar-refractivity contribution >= 4 is 44.2 Å². The maximum Gasteiger partial charge on any atom is 0.319 e. The lowest BCUT2D eigenvalue weighted by Gasteiger charge is -2.29. The molecule has 0 atom stereocenters. The van der Waals surface area contributed by atoms with E-state index >= 15 is 0 Å². The van der Waals surface area contributed by atoms with Crippen LogP contribution in [0.15, 0.2) is 36.4 Å². The molecule has 1 heterocycles. The SMILES string of the molecule is COc1ccc2c(Nc3ccc(F)c(Cl)c3)nc(OC3CCC(NS(=O)(=O)N(C)C)CC3)nc2c1. The molecule has 0 aliphatic heterocycles. The average molecular weight is 524 g/mol. The van der Waals surface area contributed by atoms with E-state index in [4.69, 9.17) is 21.1 Å². The number of aromatic nitrogens is 2. The fourth-order valence-corrected chi connectivity index (χ4v) is 4.89. The van der Waals surface area contributed by atoms with Gasteiger partial charge in [0.15, 0.2) is 0 Å². The lowest BCUT2D eigenvalue weighted by atomic mass is 9.94. The maximum atomic E-state index is 13.6. The van der Waals surface area contributed by atoms with Crippen molar-refractivity contribution in [2.75, 3.05) is 26.5 Å². The molecule has 1 aliphatic carbocycles. The summed E-state index contributed by atoms with van der Waals surface area (Å²) in [4.78, 5) is 9.12. The van der Waals surface area contributed by atoms with E-state index in [2.05, 4.69) is 20.0 Å². The molecule has 0 saturated heterocycles. The molecule has 35 heavy (non-hydrogen) atoms. The molecule has 2 aromatic carbocycles. The molecule has 0 bridgehead atoms. The predicted octanol–water partition coefficient (Wildman–Crippen LogP) is 4.26. The van der Waals surface area contributed by atoms with Crippen LogP contribution in [0.25, 0.3) is 10.9 Å². The van der Waals surface area contributed by atoms with Gasteiger partial charge in [-0.15, -0.1) is 0 Å². The summed E-state index contributed by atoms with van der Waals surface area (Å²) in [5.41, 5.74) is 1.17. The predicted molar refractivity (Wildman–Crippen MR) is 133 cm³/mol. The molecule has 0 spiro atoms. The Labute approximate surface area is 208 Å². The first kappa shape index (κ1) is 25.4. The minimum Gasteiger partial charge on any atom is -0.497 e. The minimum atomic E-state index is -3.48. The van der Waals surface area contributed by atoms with E-state index < -0.39 is 16.0 Å². The van der Waals surface area contributed by atoms with Crippen LogP contribution < -0.4 is 19.5 Å². The molecule has 9 nitrogen and oxygen atoms in total. The molecule has 3 aromatic rings. The second-order valence-corrected chi connectivity index (χ2v) is 10.8. The van der Waals surface area contributed by atoms with Gasteiger partial charge in [-0.05, 0) is 56.0 Å². The summed E-state index contributed by atoms with van der Waals surface area (Å²) >= 11 is 5.93. The van der Waals surface area contributed by atoms with Gasteiger partial charge in [0.25, 0.3) is 10.2 Å². The van der Waals surface area contributed by atoms with Crippen molar-refractivity contribution in [3.05, 3.63) is 47.2 Å². The molecule has 1 fully saturated rings. The highest BCUT2D eigenvalue weighted by Gasteiger charge is 2.27. The number of nitrogens with zero attached hydrogens (tertiary/aromatic N) is 3. The second kappa shape index (κ2) is 10.5. The van der Waals surface area contributed by atoms with Gasteiger partial charge in [0.2, 0.25) is 0 Å². The summed E-state index contributed by atoms with van der Waals surface area (Å²) in [5.74, 6) is 0.594. The minimum absolute atomic E-state index is 0.00634. The number of anilines is 2. The van der Waals surface area contributed by atoms with Gasteiger partial charge < -0.3 is 14.8 Å². The van der Waals surface area contributed by atoms with Crippen LogP contribution in [0.5, 0.6) is 11.8 Å². The van der Waals surface area contributed by atoms with Crippen molar-refractivity contribution in [1.29, 1.82) is 0 Å². The number of fused-ring (bicyclic) bond motifs is 1. The van der Waals surface area contributed by atoms with Crippen LogP contribution in [-0.2, 0) is 10.2 Å². The second-order valence-electron chi connectivity index (χ2n) is 8.49. The lowest BCUT2D eigenvalue weighted by molar-refractivity contribution is 0.132. The number of hydrogen-bond donors (Lipinski definition) is 2. The molecular weight excluding hydrogens is 497 g/mol. The number of hydrogen-bond acceptors (Lipinski definition) is 7. The van der Waals surface area contributed by atoms with Crippen molar-refractivity contribution in [3.8, 4) is 11.8 Å². The van der Waals surface area contributed by atoms with Crippen molar-refractivity contribution in [1.82, 2.24) is 19.0 Å². The highest BCUT2D eigenvalue weighted by molar-refractivity contribution is 7.87. The average Bonchev–Trinajstić information content (AvgIpc) is 2.82. The first-order valence-electron chi connectivity index (χ1n) is 11.1. The van der Waals surface area contributed by atoms with Gasteiger partial charge in [-0.3, -0.25) is 0 Å². The highest BCUT2D eigenvalue weighted by atomic mass is 35.5. The Morgan fingerprint density at radius 2 is 1.83 bits per heavy atom. The van der Waals surface area contributed by atoms with Crippen LogP contribution in [0.2, 0.25) is 5.02 Å². The zero-order valence-corrected chi connectivity index (χ0v) is 21.2. The van der Waals surface area contributed by atoms with E-state index in [0.717, 1.165) is 9.69 Å². The Hall–Kier alpha value is -2.73. The summed E-state index contributed by atoms with van der Waals surface area (Å²) < 4.78 is 53.1. The van der Waals surface area contributed by atoms with Crippen LogP contribution in [0.3, 0.4) is 0 Å². The smallest absolute Gasteiger partial charge is 0.319 e. The standard InChI is InChI=1S/C23H27ClFN5O4S/c1-30(2)35(31,32)29-14-4-7-16(8-5-14)34-23-27-21-13-17(33-3)9-10-18(21)22(28-23)26-15-6-11-20(25)19(24)12-15/h6,9-14,16,29H,4-5,7-8H2,1-3H3,(H,26,27,28). The topological polar surface area (TPSA) is 106 Å². The van der Waals surface area contributed by atoms with Gasteiger partial charge in [0.1, 0.15) is 23.5 Å². The van der Waals surface area contributed by atoms with Gasteiger partial charge in [-0.25, -0.2) is 4.39 Å². The van der Waals surface area contributed by atoms with Crippen LogP contribution in [0.4, 0.5) is 15.9 Å². The fraction of sp³-hybridized carbons (Fsp3) is 0.391. The Bertz CT molecular complexity index is 1320. The van der Waals surface area contributed by atoms with Crippen molar-refractivity contribution in [3.63, 3.8) is 0 Å². The molecule has 2 N–H and O–H groups in total. The molecule has 188 valence electrons. The number of halogens is 2. The van der Waals surface area contributed by atoms with Gasteiger partial charge in [-0.1, -0.05) is 11.6 Å². The van der Waals surface area contributed by atoms with E-state index in [1.54, 1.807) is 25.3 Å². The number of methoxy groups -OCH3 is 1. The molecule has 0 amide bonds. The third kappa shape index (κ3) is 6.10. The molecule has 0 radical (unpaired) electrons. The Balaban J connectivity index is 1.54. The van der Waals surface area contributed by atoms with E-state index in [-0.39, 0.29) is 23.2 Å². The molecular formula is C23H27ClFN5O4S. The summed E-state index contributed by atoms with van der Waals surface area (Å²) in [6.07, 6.45) is 2.41. The molecule has 12 heteroatoms. The van der Waals surface area contributed by atoms with Crippen LogP contribution in [-0.4, -0.2) is 56.0 Å². The summed E-state index contributed by atoms with van der Waals surface area (Å²) in [6, 6.07) is 9.75. The van der Waals surface area contributed by atoms with Crippen molar-refractivity contribution < 1.29 is 22.3 Å². The number of nitrogens with one attached hydrogen (secondary N) is 2. The Morgan fingerprint density at radius 1 is 1.09 bits per heavy atom. The van der Waals surface area contributed by atoms with Crippen LogP contribution >= 0.6 is 11.6 Å². The number of ether oxygens (including phenoxy) is 2. The third-order valence-corrected chi connectivity index (χ3v) is 7.69. The van der Waals surface area contributed by atoms with Gasteiger partial charge >= 0.3 is 6.01 Å². The first-order chi connectivity index (χ1) is 16.6. The van der Waals surface area contributed by atoms with Crippen molar-refractivity contribution in [2.24, 2.45) is 0 Å². The monoisotopic (exact) mass is 523 g/mol. The van der Waals surface area contributed by atoms with E-state index in [0.29, 0.717) is 48.5 Å². The molecule has 1 saturated carbocycles. The van der Waals surface area contributed by atoms with Gasteiger partial charge in [0, 0.05) is 37.3 Å². The Kier molecular flexibility index (Phi) is 7.60. The first-order valence-corrected chi connectivity index (χ1v) is 12.9. The quantitative estimate of drug-likeness (QED) is 0.454. The van der Waals surface area contributed by atoms with Crippen LogP contribution in [0.1, 0.15) is 25.7 Å². The number of rotatable bonds is 8. The van der Waals surface area contributed by atoms with Crippen LogP contribution in [0, 0.1) is 5.82 Å². The summed E-state index contributed by atoms with van der Waals surface area (Å²) in [7, 11) is 1.08. The van der Waals surface area contributed by atoms with E-state index in [9.17, 15) is 12.8 Å². The van der Waals surface area contributed by atoms with E-state index in [1.807, 2.05) is 6.07 Å². The summed E-state index contributed by atoms with van der Waals surface area (Å²) in [6.45, 7) is 0. The fourth-order valence-electron chi connectivity index (χ4n) is 3.84. The zero-order valence-electron chi connectivity index (χ0n) is 19.6. The largest absolute Gasteiger partial charge is 0.497 e.